The molecule has 3 aromatic carbocycles. The van der Waals surface area contributed by atoms with Crippen LogP contribution in [0.1, 0.15) is 29.5 Å². The van der Waals surface area contributed by atoms with E-state index in [9.17, 15) is 14.4 Å². The highest BCUT2D eigenvalue weighted by atomic mass is 16.7. The number of para-hydroxylation sites is 1. The molecule has 0 atom stereocenters. The van der Waals surface area contributed by atoms with Crippen molar-refractivity contribution < 1.29 is 14.3 Å². The number of carbonyl (C=O) groups excluding carboxylic acids is 1. The normalized spacial score (nSPS) is 12.1. The second kappa shape index (κ2) is 10.1. The summed E-state index contributed by atoms with van der Waals surface area (Å²) in [6.45, 7) is 3.08. The lowest BCUT2D eigenvalue weighted by molar-refractivity contribution is -0.121. The molecule has 184 valence electrons. The maximum Gasteiger partial charge on any atom is 0.331 e. The number of nitrogens with zero attached hydrogens (tertiary/aromatic N) is 2. The fraction of sp³-hybridized carbons (Fsp3) is 0.250. The SMILES string of the molecule is Cc1ccccc1Cn1c(=O)n(CCCC(=O)NCc2ccc3c(c2)OCO3)c(=O)c2ccccc21. The molecule has 1 aromatic heterocycles. The van der Waals surface area contributed by atoms with Crippen LogP contribution in [-0.2, 0) is 24.4 Å². The van der Waals surface area contributed by atoms with Gasteiger partial charge in [-0.15, -0.1) is 0 Å². The van der Waals surface area contributed by atoms with Gasteiger partial charge in [0.2, 0.25) is 12.7 Å². The van der Waals surface area contributed by atoms with Crippen LogP contribution >= 0.6 is 0 Å². The van der Waals surface area contributed by atoms with Gasteiger partial charge in [0.25, 0.3) is 5.56 Å². The molecule has 0 fully saturated rings. The third-order valence-corrected chi connectivity index (χ3v) is 6.43. The topological polar surface area (TPSA) is 91.6 Å². The molecule has 1 amide bonds. The molecule has 8 nitrogen and oxygen atoms in total. The molecule has 1 aliphatic rings. The Hall–Kier alpha value is -4.33. The quantitative estimate of drug-likeness (QED) is 0.413. The number of carbonyl (C=O) groups is 1. The smallest absolute Gasteiger partial charge is 0.331 e. The standard InChI is InChI=1S/C28H27N3O5/c1-19-7-2-3-8-21(19)17-31-23-10-5-4-9-22(23)27(33)30(28(31)34)14-6-11-26(32)29-16-20-12-13-24-25(15-20)36-18-35-24/h2-5,7-10,12-13,15H,6,11,14,16-18H2,1H3,(H,29,32). The molecule has 1 N–H and O–H groups in total. The van der Waals surface area contributed by atoms with Crippen LogP contribution in [0.5, 0.6) is 11.5 Å². The van der Waals surface area contributed by atoms with Gasteiger partial charge in [-0.3, -0.25) is 18.7 Å². The van der Waals surface area contributed by atoms with Crippen molar-refractivity contribution in [2.75, 3.05) is 6.79 Å². The summed E-state index contributed by atoms with van der Waals surface area (Å²) in [5.41, 5.74) is 2.88. The highest BCUT2D eigenvalue weighted by Gasteiger charge is 2.15. The Kier molecular flexibility index (Phi) is 6.58. The van der Waals surface area contributed by atoms with Crippen molar-refractivity contribution in [1.29, 1.82) is 0 Å². The van der Waals surface area contributed by atoms with Crippen LogP contribution in [0.2, 0.25) is 0 Å². The molecular formula is C28H27N3O5. The van der Waals surface area contributed by atoms with Crippen molar-refractivity contribution in [3.8, 4) is 11.5 Å². The summed E-state index contributed by atoms with van der Waals surface area (Å²) in [6.07, 6.45) is 0.561. The molecule has 36 heavy (non-hydrogen) atoms. The van der Waals surface area contributed by atoms with Crippen molar-refractivity contribution in [3.63, 3.8) is 0 Å². The Morgan fingerprint density at radius 1 is 0.944 bits per heavy atom. The molecule has 0 spiro atoms. The molecule has 2 heterocycles. The first-order valence-electron chi connectivity index (χ1n) is 11.9. The minimum absolute atomic E-state index is 0.151. The molecule has 0 unspecified atom stereocenters. The first-order valence-corrected chi connectivity index (χ1v) is 11.9. The fourth-order valence-corrected chi connectivity index (χ4v) is 4.42. The summed E-state index contributed by atoms with van der Waals surface area (Å²) in [5.74, 6) is 1.21. The van der Waals surface area contributed by atoms with Crippen LogP contribution in [0.3, 0.4) is 0 Å². The van der Waals surface area contributed by atoms with E-state index < -0.39 is 0 Å². The van der Waals surface area contributed by atoms with Crippen LogP contribution in [0, 0.1) is 6.92 Å². The van der Waals surface area contributed by atoms with Gasteiger partial charge in [0.05, 0.1) is 17.4 Å². The van der Waals surface area contributed by atoms with E-state index in [-0.39, 0.29) is 36.9 Å². The third-order valence-electron chi connectivity index (χ3n) is 6.43. The molecule has 1 aliphatic heterocycles. The van der Waals surface area contributed by atoms with Gasteiger partial charge in [-0.1, -0.05) is 42.5 Å². The Labute approximate surface area is 207 Å². The number of nitrogens with one attached hydrogen (secondary N) is 1. The second-order valence-corrected chi connectivity index (χ2v) is 8.84. The number of hydrogen-bond acceptors (Lipinski definition) is 5. The first kappa shape index (κ1) is 23.4. The van der Waals surface area contributed by atoms with Crippen LogP contribution in [0.15, 0.2) is 76.3 Å². The number of aryl methyl sites for hydroxylation is 1. The van der Waals surface area contributed by atoms with E-state index in [2.05, 4.69) is 5.32 Å². The van der Waals surface area contributed by atoms with Crippen LogP contribution in [0.4, 0.5) is 0 Å². The summed E-state index contributed by atoms with van der Waals surface area (Å²) < 4.78 is 13.5. The lowest BCUT2D eigenvalue weighted by Gasteiger charge is -2.15. The zero-order valence-corrected chi connectivity index (χ0v) is 20.0. The number of ether oxygens (including phenoxy) is 2. The lowest BCUT2D eigenvalue weighted by Crippen LogP contribution is -2.40. The predicted molar refractivity (Wildman–Crippen MR) is 136 cm³/mol. The van der Waals surface area contributed by atoms with Crippen LogP contribution in [0.25, 0.3) is 10.9 Å². The van der Waals surface area contributed by atoms with Crippen molar-refractivity contribution >= 4 is 16.8 Å². The number of benzene rings is 3. The van der Waals surface area contributed by atoms with Gasteiger partial charge in [0.15, 0.2) is 11.5 Å². The summed E-state index contributed by atoms with van der Waals surface area (Å²) in [7, 11) is 0. The Morgan fingerprint density at radius 3 is 2.58 bits per heavy atom. The van der Waals surface area contributed by atoms with E-state index >= 15 is 0 Å². The number of aromatic nitrogens is 2. The molecule has 0 saturated carbocycles. The van der Waals surface area contributed by atoms with Gasteiger partial charge in [0, 0.05) is 19.5 Å². The maximum absolute atomic E-state index is 13.4. The van der Waals surface area contributed by atoms with Crippen molar-refractivity contribution in [3.05, 3.63) is 104 Å². The summed E-state index contributed by atoms with van der Waals surface area (Å²) in [5, 5.41) is 3.36. The molecule has 0 radical (unpaired) electrons. The largest absolute Gasteiger partial charge is 0.454 e. The second-order valence-electron chi connectivity index (χ2n) is 8.84. The van der Waals surface area contributed by atoms with Gasteiger partial charge in [0.1, 0.15) is 0 Å². The van der Waals surface area contributed by atoms with E-state index in [1.165, 1.54) is 4.57 Å². The maximum atomic E-state index is 13.4. The van der Waals surface area contributed by atoms with E-state index in [0.717, 1.165) is 16.7 Å². The molecular weight excluding hydrogens is 458 g/mol. The summed E-state index contributed by atoms with van der Waals surface area (Å²) in [6, 6.07) is 20.6. The van der Waals surface area contributed by atoms with Gasteiger partial charge >= 0.3 is 5.69 Å². The van der Waals surface area contributed by atoms with Gasteiger partial charge < -0.3 is 14.8 Å². The van der Waals surface area contributed by atoms with Gasteiger partial charge in [-0.25, -0.2) is 4.79 Å². The van der Waals surface area contributed by atoms with Crippen LogP contribution < -0.4 is 26.0 Å². The van der Waals surface area contributed by atoms with Gasteiger partial charge in [-0.2, -0.15) is 0 Å². The average molecular weight is 486 g/mol. The predicted octanol–water partition coefficient (Wildman–Crippen LogP) is 3.35. The third kappa shape index (κ3) is 4.75. The minimum atomic E-state index is -0.372. The Bertz CT molecular complexity index is 1550. The highest BCUT2D eigenvalue weighted by molar-refractivity contribution is 5.78. The van der Waals surface area contributed by atoms with E-state index in [4.69, 9.17) is 9.47 Å². The zero-order chi connectivity index (χ0) is 25.1. The number of hydrogen-bond donors (Lipinski definition) is 1. The van der Waals surface area contributed by atoms with Crippen molar-refractivity contribution in [1.82, 2.24) is 14.5 Å². The monoisotopic (exact) mass is 485 g/mol. The number of amides is 1. The molecule has 4 aromatic rings. The van der Waals surface area contributed by atoms with Gasteiger partial charge in [-0.05, 0) is 54.3 Å². The van der Waals surface area contributed by atoms with E-state index in [1.54, 1.807) is 22.8 Å². The number of fused-ring (bicyclic) bond motifs is 2. The molecule has 0 bridgehead atoms. The lowest BCUT2D eigenvalue weighted by atomic mass is 10.1. The first-order chi connectivity index (χ1) is 17.5. The molecule has 0 saturated heterocycles. The Balaban J connectivity index is 1.29. The van der Waals surface area contributed by atoms with Crippen LogP contribution in [-0.4, -0.2) is 21.8 Å². The minimum Gasteiger partial charge on any atom is -0.454 e. The van der Waals surface area contributed by atoms with E-state index in [1.807, 2.05) is 55.5 Å². The zero-order valence-electron chi connectivity index (χ0n) is 20.0. The summed E-state index contributed by atoms with van der Waals surface area (Å²) in [4.78, 5) is 39.0. The highest BCUT2D eigenvalue weighted by Crippen LogP contribution is 2.32. The molecule has 5 rings (SSSR count). The summed E-state index contributed by atoms with van der Waals surface area (Å²) >= 11 is 0. The fourth-order valence-electron chi connectivity index (χ4n) is 4.42. The van der Waals surface area contributed by atoms with Crippen molar-refractivity contribution in [2.24, 2.45) is 0 Å². The molecule has 8 heteroatoms. The Morgan fingerprint density at radius 2 is 1.72 bits per heavy atom. The van der Waals surface area contributed by atoms with E-state index in [0.29, 0.717) is 41.9 Å². The number of rotatable bonds is 8. The van der Waals surface area contributed by atoms with Crippen molar-refractivity contribution in [2.45, 2.75) is 39.4 Å². The molecule has 0 aliphatic carbocycles. The average Bonchev–Trinajstić information content (AvgIpc) is 3.36.